The van der Waals surface area contributed by atoms with Crippen molar-refractivity contribution in [3.63, 3.8) is 0 Å². The third-order valence-electron chi connectivity index (χ3n) is 24.8. The summed E-state index contributed by atoms with van der Waals surface area (Å²) in [6.07, 6.45) is 3.35. The number of aliphatic hydroxyl groups excluding tert-OH is 3. The maximum absolute atomic E-state index is 15.6. The van der Waals surface area contributed by atoms with Crippen molar-refractivity contribution in [3.8, 4) is 5.75 Å². The molecule has 44 heteroatoms. The topological polar surface area (TPSA) is 613 Å². The van der Waals surface area contributed by atoms with Gasteiger partial charge in [0.25, 0.3) is 0 Å². The molecule has 2 fully saturated rings. The molecule has 4 aromatic carbocycles. The van der Waals surface area contributed by atoms with E-state index in [-0.39, 0.29) is 74.7 Å². The molecule has 17 amide bonds. The van der Waals surface area contributed by atoms with Gasteiger partial charge in [-0.15, -0.1) is 11.8 Å². The molecule has 6 aromatic rings. The molecule has 43 nitrogen and oxygen atoms in total. The molecule has 2 aliphatic rings. The van der Waals surface area contributed by atoms with E-state index in [1.165, 1.54) is 92.6 Å². The standard InChI is InChI=1S/C98H136N20O23S/c1-13-14-15-16-17-18-25-34-78(123)100-39-40-101-87(130)74-52-142-53-80(125)106-71(44-64-48-102-69-33-27-26-32-68(64)69)90(133)113-84(60(8)120)97(140)114(9)51-79(124)107-73(47-81(126)127)95(138)117(12)77(43-62-30-23-20-24-31-62)96(139)116(11)75(42-61-28-21-19-22-29-61)91(134)105-57(5)94(137)115(10)58(6)86(129)108-72(45-65-49-99-54-103-65)88(131)109-70(41-63-35-37-66(121)38-36-63)89(132)112-83(59(7)119)93(136)111-82(55(2)3)98(141)118-50-67(122)46-76(118)92(135)104-56(4)85(128)110-74/h19-24,26-33,35-38,48-49,54-60,67,70-77,82-84,102,119-122H,13-18,25,34,39-47,50-53H2,1-12H3,(H,99,103)(H,100,123)(H,101,130)(H,104,135)(H,105,134)(H,106,125)(H,107,124)(H,108,129)(H,109,131)(H,110,128)(H,111,136)(H,112,132)(H,113,133)(H,126,127)/t56-,57-,58-,59+,60+,67+,70-,71-,72-,73-,74-,75-,76-,77-,82-,83-,84-/m0/s1. The van der Waals surface area contributed by atoms with E-state index in [4.69, 9.17) is 0 Å². The van der Waals surface area contributed by atoms with Crippen molar-refractivity contribution in [2.45, 2.75) is 255 Å². The second kappa shape index (κ2) is 55.4. The smallest absolute Gasteiger partial charge is 0.305 e. The first-order chi connectivity index (χ1) is 67.4. The van der Waals surface area contributed by atoms with Crippen molar-refractivity contribution in [1.82, 2.24) is 103 Å². The van der Waals surface area contributed by atoms with E-state index in [1.807, 2.05) is 0 Å². The molecule has 19 N–H and O–H groups in total. The monoisotopic (exact) mass is 1990 g/mol. The van der Waals surface area contributed by atoms with Crippen molar-refractivity contribution in [2.75, 3.05) is 65.9 Å². The van der Waals surface area contributed by atoms with Crippen molar-refractivity contribution >= 4 is 129 Å². The van der Waals surface area contributed by atoms with Crippen LogP contribution in [0.3, 0.4) is 0 Å². The summed E-state index contributed by atoms with van der Waals surface area (Å²) in [4.78, 5) is 277. The number of hydrogen-bond donors (Lipinski definition) is 19. The number of carbonyl (C=O) groups excluding carboxylic acids is 17. The number of aromatic hydroxyl groups is 1. The molecule has 8 rings (SSSR count). The van der Waals surface area contributed by atoms with Gasteiger partial charge in [-0.1, -0.05) is 150 Å². The molecular formula is C98H136N20O23S. The quantitative estimate of drug-likeness (QED) is 0.0273. The fraction of sp³-hybridized carbons (Fsp3) is 0.520. The fourth-order valence-corrected chi connectivity index (χ4v) is 17.2. The summed E-state index contributed by atoms with van der Waals surface area (Å²) in [5, 5.41) is 86.3. The number of aliphatic hydroxyl groups is 3. The molecule has 0 spiro atoms. The molecule has 0 unspecified atom stereocenters. The van der Waals surface area contributed by atoms with E-state index in [0.29, 0.717) is 39.6 Å². The van der Waals surface area contributed by atoms with Gasteiger partial charge in [0.1, 0.15) is 90.3 Å². The van der Waals surface area contributed by atoms with Gasteiger partial charge >= 0.3 is 5.97 Å². The maximum atomic E-state index is 15.6. The molecule has 2 saturated heterocycles. The van der Waals surface area contributed by atoms with Crippen LogP contribution in [0.25, 0.3) is 10.9 Å². The van der Waals surface area contributed by atoms with Crippen molar-refractivity contribution < 1.29 is 112 Å². The molecule has 0 radical (unpaired) electrons. The highest BCUT2D eigenvalue weighted by molar-refractivity contribution is 8.00. The number of hydrogen-bond acceptors (Lipinski definition) is 24. The average Bonchev–Trinajstić information content (AvgIpc) is 1.67. The van der Waals surface area contributed by atoms with E-state index >= 15 is 14.4 Å². The molecule has 0 bridgehead atoms. The lowest BCUT2D eigenvalue weighted by molar-refractivity contribution is -0.150. The number of H-pyrrole nitrogens is 2. The minimum atomic E-state index is -1.98. The number of phenolic OH excluding ortho intramolecular Hbond substituents is 1. The van der Waals surface area contributed by atoms with Crippen LogP contribution in [-0.2, 0) is 118 Å². The van der Waals surface area contributed by atoms with Crippen LogP contribution in [0, 0.1) is 5.92 Å². The lowest BCUT2D eigenvalue weighted by Crippen LogP contribution is -2.63. The Morgan fingerprint density at radius 2 is 1.05 bits per heavy atom. The van der Waals surface area contributed by atoms with Gasteiger partial charge in [-0.3, -0.25) is 86.3 Å². The SMILES string of the molecule is CCCCCCCCCC(=O)NCCNC(=O)[C@@H]1CSCC(=O)N[C@@H](Cc2c[nH]c3ccccc23)C(=O)N[C@@H]([C@@H](C)O)C(=O)N(C)CC(=O)N[C@@H](CC(=O)O)C(=O)N(C)[C@@H](Cc2ccccc2)C(=O)N(C)[C@@H](Cc2ccccc2)C(=O)N[C@@H](C)C(=O)N(C)[C@@H](C)C(=O)N[C@@H](Cc2cnc[nH]2)C(=O)N[C@@H](Cc2ccc(O)cc2)C(=O)N[C@@H]([C@@H](C)O)C(=O)N[C@@H](C(C)C)C(=O)N2C[C@H](O)C[C@H]2C(=O)N[C@@H](C)C(=O)N1. The highest BCUT2D eigenvalue weighted by Gasteiger charge is 2.46. The first kappa shape index (κ1) is 113. The first-order valence-corrected chi connectivity index (χ1v) is 48.7. The Hall–Kier alpha value is -13.9. The summed E-state index contributed by atoms with van der Waals surface area (Å²) < 4.78 is 0. The number of aromatic nitrogens is 3. The molecule has 0 saturated carbocycles. The number of carbonyl (C=O) groups is 18. The zero-order chi connectivity index (χ0) is 104. The third-order valence-corrected chi connectivity index (χ3v) is 25.8. The van der Waals surface area contributed by atoms with Crippen LogP contribution in [0.2, 0.25) is 0 Å². The Morgan fingerprint density at radius 1 is 0.500 bits per heavy atom. The number of benzene rings is 4. The Bertz CT molecular complexity index is 5320. The number of para-hydroxylation sites is 1. The Kier molecular flexibility index (Phi) is 44.2. The second-order valence-corrected chi connectivity index (χ2v) is 37.5. The van der Waals surface area contributed by atoms with Gasteiger partial charge in [0.05, 0.1) is 43.4 Å². The van der Waals surface area contributed by atoms with Crippen LogP contribution in [0.5, 0.6) is 5.75 Å². The highest BCUT2D eigenvalue weighted by Crippen LogP contribution is 2.26. The number of amides is 17. The zero-order valence-electron chi connectivity index (χ0n) is 82.0. The van der Waals surface area contributed by atoms with Crippen LogP contribution >= 0.6 is 11.8 Å². The predicted octanol–water partition coefficient (Wildman–Crippen LogP) is -1.07. The minimum absolute atomic E-state index is 0.0376. The Morgan fingerprint density at radius 3 is 1.67 bits per heavy atom. The van der Waals surface area contributed by atoms with Gasteiger partial charge in [0.15, 0.2) is 0 Å². The van der Waals surface area contributed by atoms with Gasteiger partial charge < -0.3 is 124 Å². The highest BCUT2D eigenvalue weighted by atomic mass is 32.2. The second-order valence-electron chi connectivity index (χ2n) is 36.4. The number of carboxylic acid groups (broad SMARTS) is 1. The van der Waals surface area contributed by atoms with Crippen LogP contribution < -0.4 is 63.8 Å². The number of nitrogens with one attached hydrogen (secondary N) is 14. The van der Waals surface area contributed by atoms with Crippen LogP contribution in [0.15, 0.2) is 128 Å². The molecule has 2 aromatic heterocycles. The number of rotatable bonds is 27. The van der Waals surface area contributed by atoms with Crippen molar-refractivity contribution in [3.05, 3.63) is 156 Å². The summed E-state index contributed by atoms with van der Waals surface area (Å²) in [5.41, 5.74) is 2.69. The van der Waals surface area contributed by atoms with Crippen molar-refractivity contribution in [1.29, 1.82) is 0 Å². The largest absolute Gasteiger partial charge is 0.508 e. The number of imidazole rings is 1. The van der Waals surface area contributed by atoms with E-state index in [0.717, 1.165) is 95.7 Å². The Labute approximate surface area is 828 Å². The number of aromatic amines is 2. The van der Waals surface area contributed by atoms with Crippen LogP contribution in [0.1, 0.15) is 148 Å². The normalized spacial score (nSPS) is 24.4. The van der Waals surface area contributed by atoms with E-state index in [2.05, 4.69) is 85.7 Å². The van der Waals surface area contributed by atoms with E-state index in [9.17, 15) is 97.5 Å². The summed E-state index contributed by atoms with van der Waals surface area (Å²) in [6.45, 7) is 9.70. The first-order valence-electron chi connectivity index (χ1n) is 47.6. The summed E-state index contributed by atoms with van der Waals surface area (Å²) in [5.74, 6) is -19.8. The Balaban J connectivity index is 1.14. The molecule has 2 aliphatic heterocycles. The number of thioether (sulfide) groups is 1. The summed E-state index contributed by atoms with van der Waals surface area (Å²) in [6, 6.07) is 6.04. The number of aliphatic carboxylic acids is 1. The fourth-order valence-electron chi connectivity index (χ4n) is 16.4. The zero-order valence-corrected chi connectivity index (χ0v) is 82.9. The van der Waals surface area contributed by atoms with Gasteiger partial charge in [-0.25, -0.2) is 4.98 Å². The molecule has 772 valence electrons. The minimum Gasteiger partial charge on any atom is -0.508 e. The van der Waals surface area contributed by atoms with Gasteiger partial charge in [-0.05, 0) is 87.4 Å². The molecule has 0 aliphatic carbocycles. The number of carboxylic acids is 1. The number of nitrogens with zero attached hydrogens (tertiary/aromatic N) is 6. The van der Waals surface area contributed by atoms with Crippen LogP contribution in [0.4, 0.5) is 0 Å². The predicted molar refractivity (Wildman–Crippen MR) is 523 cm³/mol. The maximum Gasteiger partial charge on any atom is 0.305 e. The number of fused-ring (bicyclic) bond motifs is 2. The lowest BCUT2D eigenvalue weighted by Gasteiger charge is -2.36. The van der Waals surface area contributed by atoms with Crippen molar-refractivity contribution in [2.24, 2.45) is 5.92 Å². The number of likely N-dealkylation sites (N-methyl/N-ethyl adjacent to an activating group) is 4. The van der Waals surface area contributed by atoms with Gasteiger partial charge in [0, 0.05) is 128 Å². The lowest BCUT2D eigenvalue weighted by atomic mass is 9.99. The molecule has 142 heavy (non-hydrogen) atoms. The number of phenols is 1. The van der Waals surface area contributed by atoms with Crippen LogP contribution in [-0.4, -0.2) is 340 Å². The van der Waals surface area contributed by atoms with Gasteiger partial charge in [0.2, 0.25) is 100 Å². The number of unbranched alkanes of at least 4 members (excludes halogenated alkanes) is 6. The van der Waals surface area contributed by atoms with E-state index in [1.54, 1.807) is 91.1 Å². The summed E-state index contributed by atoms with van der Waals surface area (Å²) >= 11 is 0.799. The van der Waals surface area contributed by atoms with E-state index < -0.39 is 241 Å². The van der Waals surface area contributed by atoms with Gasteiger partial charge in [-0.2, -0.15) is 0 Å². The summed E-state index contributed by atoms with van der Waals surface area (Å²) in [7, 11) is 4.77. The average molecular weight is 1990 g/mol. The molecule has 17 atom stereocenters. The third kappa shape index (κ3) is 34.0. The molecule has 4 heterocycles. The molecular weight excluding hydrogens is 1860 g/mol.